The lowest BCUT2D eigenvalue weighted by Gasteiger charge is -2.34. The zero-order valence-corrected chi connectivity index (χ0v) is 22.7. The van der Waals surface area contributed by atoms with Gasteiger partial charge in [-0.1, -0.05) is 27.7 Å². The second-order valence-corrected chi connectivity index (χ2v) is 8.16. The van der Waals surface area contributed by atoms with Crippen molar-refractivity contribution < 1.29 is 4.79 Å². The predicted octanol–water partition coefficient (Wildman–Crippen LogP) is 3.65. The summed E-state index contributed by atoms with van der Waals surface area (Å²) in [6.07, 6.45) is 5.66. The molecular formula is C23H43IN6O. The molecule has 7 nitrogen and oxygen atoms in total. The van der Waals surface area contributed by atoms with Gasteiger partial charge in [0.25, 0.3) is 0 Å². The molecule has 1 aliphatic rings. The minimum atomic E-state index is 0. The number of piperidine rings is 1. The molecule has 0 saturated carbocycles. The number of guanidine groups is 1. The van der Waals surface area contributed by atoms with Crippen LogP contribution in [0.4, 0.5) is 0 Å². The van der Waals surface area contributed by atoms with E-state index in [0.29, 0.717) is 18.5 Å². The van der Waals surface area contributed by atoms with Crippen molar-refractivity contribution in [1.82, 2.24) is 25.3 Å². The number of aliphatic imine (C=N–C) groups is 1. The summed E-state index contributed by atoms with van der Waals surface area (Å²) in [5, 5.41) is 11.6. The first-order valence-corrected chi connectivity index (χ1v) is 11.9. The van der Waals surface area contributed by atoms with Crippen LogP contribution in [0, 0.1) is 5.92 Å². The molecular weight excluding hydrogens is 503 g/mol. The molecule has 1 saturated heterocycles. The van der Waals surface area contributed by atoms with Crippen LogP contribution in [0.3, 0.4) is 0 Å². The number of nitrogens with zero attached hydrogens (tertiary/aromatic N) is 4. The van der Waals surface area contributed by atoms with Gasteiger partial charge < -0.3 is 15.5 Å². The van der Waals surface area contributed by atoms with Crippen molar-refractivity contribution in [3.05, 3.63) is 17.0 Å². The Morgan fingerprint density at radius 1 is 1.13 bits per heavy atom. The molecule has 0 radical (unpaired) electrons. The van der Waals surface area contributed by atoms with E-state index in [2.05, 4.69) is 55.3 Å². The molecule has 0 bridgehead atoms. The van der Waals surface area contributed by atoms with Crippen molar-refractivity contribution in [2.24, 2.45) is 18.0 Å². The van der Waals surface area contributed by atoms with Gasteiger partial charge in [0.15, 0.2) is 5.96 Å². The maximum absolute atomic E-state index is 12.6. The lowest BCUT2D eigenvalue weighted by Crippen LogP contribution is -2.50. The van der Waals surface area contributed by atoms with E-state index in [-0.39, 0.29) is 29.9 Å². The van der Waals surface area contributed by atoms with Crippen LogP contribution in [0.2, 0.25) is 0 Å². The smallest absolute Gasteiger partial charge is 0.225 e. The van der Waals surface area contributed by atoms with Gasteiger partial charge in [-0.15, -0.1) is 24.0 Å². The first kappa shape index (κ1) is 27.7. The van der Waals surface area contributed by atoms with Crippen molar-refractivity contribution in [2.45, 2.75) is 85.7 Å². The van der Waals surface area contributed by atoms with E-state index in [0.717, 1.165) is 69.8 Å². The number of nitrogens with one attached hydrogen (secondary N) is 2. The van der Waals surface area contributed by atoms with Gasteiger partial charge >= 0.3 is 0 Å². The van der Waals surface area contributed by atoms with Crippen LogP contribution in [0.25, 0.3) is 0 Å². The van der Waals surface area contributed by atoms with Crippen LogP contribution in [0.5, 0.6) is 0 Å². The van der Waals surface area contributed by atoms with Crippen LogP contribution in [0.1, 0.15) is 77.3 Å². The highest BCUT2D eigenvalue weighted by molar-refractivity contribution is 14.0. The summed E-state index contributed by atoms with van der Waals surface area (Å²) in [6.45, 7) is 13.7. The number of hydrogen-bond acceptors (Lipinski definition) is 3. The van der Waals surface area contributed by atoms with Crippen LogP contribution in [0.15, 0.2) is 4.99 Å². The number of halogens is 1. The molecule has 0 atom stereocenters. The summed E-state index contributed by atoms with van der Waals surface area (Å²) in [5.74, 6) is 1.36. The molecule has 0 spiro atoms. The monoisotopic (exact) mass is 546 g/mol. The molecule has 178 valence electrons. The zero-order valence-electron chi connectivity index (χ0n) is 20.3. The average Bonchev–Trinajstić information content (AvgIpc) is 3.07. The maximum Gasteiger partial charge on any atom is 0.225 e. The third-order valence-electron chi connectivity index (χ3n) is 6.25. The second-order valence-electron chi connectivity index (χ2n) is 8.16. The fourth-order valence-corrected chi connectivity index (χ4v) is 4.38. The molecule has 0 aliphatic carbocycles. The van der Waals surface area contributed by atoms with Gasteiger partial charge in [0.2, 0.25) is 5.91 Å². The maximum atomic E-state index is 12.6. The minimum Gasteiger partial charge on any atom is -0.357 e. The van der Waals surface area contributed by atoms with Crippen LogP contribution < -0.4 is 10.6 Å². The van der Waals surface area contributed by atoms with Crippen molar-refractivity contribution >= 4 is 35.8 Å². The van der Waals surface area contributed by atoms with Gasteiger partial charge in [-0.2, -0.15) is 5.10 Å². The lowest BCUT2D eigenvalue weighted by atomic mass is 9.98. The quantitative estimate of drug-likeness (QED) is 0.282. The molecule has 2 heterocycles. The topological polar surface area (TPSA) is 74.6 Å². The summed E-state index contributed by atoms with van der Waals surface area (Å²) in [6, 6.07) is 0.346. The summed E-state index contributed by atoms with van der Waals surface area (Å²) >= 11 is 0. The number of aryl methyl sites for hydroxylation is 2. The van der Waals surface area contributed by atoms with E-state index >= 15 is 0 Å². The Labute approximate surface area is 205 Å². The molecule has 1 amide bonds. The molecule has 0 unspecified atom stereocenters. The molecule has 1 aromatic heterocycles. The van der Waals surface area contributed by atoms with Gasteiger partial charge in [-0.05, 0) is 45.4 Å². The fraction of sp³-hybridized carbons (Fsp3) is 0.783. The van der Waals surface area contributed by atoms with Gasteiger partial charge in [-0.25, -0.2) is 4.99 Å². The van der Waals surface area contributed by atoms with Crippen molar-refractivity contribution in [3.63, 3.8) is 0 Å². The molecule has 0 aromatic carbocycles. The minimum absolute atomic E-state index is 0. The van der Waals surface area contributed by atoms with Gasteiger partial charge in [0, 0.05) is 49.9 Å². The Kier molecular flexibility index (Phi) is 12.5. The first-order valence-electron chi connectivity index (χ1n) is 11.9. The Morgan fingerprint density at radius 3 is 2.29 bits per heavy atom. The molecule has 31 heavy (non-hydrogen) atoms. The van der Waals surface area contributed by atoms with Crippen LogP contribution in [-0.2, 0) is 31.2 Å². The molecule has 2 N–H and O–H groups in total. The summed E-state index contributed by atoms with van der Waals surface area (Å²) < 4.78 is 2.00. The van der Waals surface area contributed by atoms with Crippen molar-refractivity contribution in [3.8, 4) is 0 Å². The number of likely N-dealkylation sites (tertiary alicyclic amines) is 1. The fourth-order valence-electron chi connectivity index (χ4n) is 4.38. The standard InChI is InChI=1S/C23H42N6O.HI/c1-7-17(8-2)22(30)29-14-12-18(13-15-29)26-23(24-11-5)25-16-19-20(9-3)27-28(6)21(19)10-4;/h17-18H,7-16H2,1-6H3,(H2,24,25,26);1H. The van der Waals surface area contributed by atoms with E-state index in [4.69, 9.17) is 4.99 Å². The van der Waals surface area contributed by atoms with E-state index < -0.39 is 0 Å². The number of carbonyl (C=O) groups excluding carboxylic acids is 1. The van der Waals surface area contributed by atoms with Gasteiger partial charge in [0.05, 0.1) is 12.2 Å². The molecule has 1 aromatic rings. The zero-order chi connectivity index (χ0) is 22.1. The van der Waals surface area contributed by atoms with Crippen LogP contribution >= 0.6 is 24.0 Å². The van der Waals surface area contributed by atoms with E-state index in [1.807, 2.05) is 11.7 Å². The normalized spacial score (nSPS) is 15.2. The Balaban J connectivity index is 0.00000480. The number of rotatable bonds is 9. The lowest BCUT2D eigenvalue weighted by molar-refractivity contribution is -0.136. The van der Waals surface area contributed by atoms with Crippen LogP contribution in [-0.4, -0.2) is 52.2 Å². The molecule has 8 heteroatoms. The molecule has 1 fully saturated rings. The highest BCUT2D eigenvalue weighted by atomic mass is 127. The van der Waals surface area contributed by atoms with Crippen molar-refractivity contribution in [2.75, 3.05) is 19.6 Å². The average molecular weight is 547 g/mol. The number of carbonyl (C=O) groups is 1. The Morgan fingerprint density at radius 2 is 1.77 bits per heavy atom. The number of aromatic nitrogens is 2. The Bertz CT molecular complexity index is 705. The third-order valence-corrected chi connectivity index (χ3v) is 6.25. The third kappa shape index (κ3) is 7.36. The summed E-state index contributed by atoms with van der Waals surface area (Å²) in [7, 11) is 2.02. The highest BCUT2D eigenvalue weighted by Gasteiger charge is 2.26. The predicted molar refractivity (Wildman–Crippen MR) is 139 cm³/mol. The van der Waals surface area contributed by atoms with E-state index in [1.165, 1.54) is 11.3 Å². The summed E-state index contributed by atoms with van der Waals surface area (Å²) in [4.78, 5) is 19.6. The Hall–Kier alpha value is -1.32. The van der Waals surface area contributed by atoms with Crippen molar-refractivity contribution in [1.29, 1.82) is 0 Å². The van der Waals surface area contributed by atoms with E-state index in [9.17, 15) is 4.79 Å². The number of amides is 1. The van der Waals surface area contributed by atoms with Gasteiger partial charge in [0.1, 0.15) is 0 Å². The van der Waals surface area contributed by atoms with E-state index in [1.54, 1.807) is 0 Å². The second kappa shape index (κ2) is 14.0. The van der Waals surface area contributed by atoms with Gasteiger partial charge in [-0.3, -0.25) is 9.48 Å². The largest absolute Gasteiger partial charge is 0.357 e. The summed E-state index contributed by atoms with van der Waals surface area (Å²) in [5.41, 5.74) is 3.66. The number of hydrogen-bond donors (Lipinski definition) is 2. The molecule has 1 aliphatic heterocycles. The molecule has 2 rings (SSSR count). The highest BCUT2D eigenvalue weighted by Crippen LogP contribution is 2.18. The SMILES string of the molecule is CCNC(=NCc1c(CC)nn(C)c1CC)NC1CCN(C(=O)C(CC)CC)CC1.I. The first-order chi connectivity index (χ1) is 14.5.